The monoisotopic (exact) mass is 197 g/mol. The molecule has 85 valence electrons. The first-order valence-corrected chi connectivity index (χ1v) is 6.64. The van der Waals surface area contributed by atoms with Crippen LogP contribution in [-0.4, -0.2) is 0 Å². The molecular weight excluding hydrogens is 168 g/mol. The summed E-state index contributed by atoms with van der Waals surface area (Å²) in [7, 11) is 0. The van der Waals surface area contributed by atoms with E-state index in [9.17, 15) is 0 Å². The number of hydrogen-bond acceptors (Lipinski definition) is 0. The molecule has 0 rings (SSSR count). The van der Waals surface area contributed by atoms with Gasteiger partial charge in [0.05, 0.1) is 0 Å². The minimum atomic E-state index is 0.718. The Kier molecular flexibility index (Phi) is 11.1. The van der Waals surface area contributed by atoms with E-state index in [4.69, 9.17) is 0 Å². The van der Waals surface area contributed by atoms with Crippen molar-refractivity contribution < 1.29 is 0 Å². The molecule has 0 heteroatoms. The number of rotatable bonds is 10. The molecule has 0 heterocycles. The van der Waals surface area contributed by atoms with Gasteiger partial charge in [-0.3, -0.25) is 0 Å². The lowest BCUT2D eigenvalue weighted by atomic mass is 9.98. The predicted molar refractivity (Wildman–Crippen MR) is 66.4 cm³/mol. The van der Waals surface area contributed by atoms with E-state index in [0.717, 1.165) is 5.92 Å². The maximum atomic E-state index is 4.17. The molecule has 0 aliphatic rings. The lowest BCUT2D eigenvalue weighted by Gasteiger charge is -2.08. The van der Waals surface area contributed by atoms with E-state index in [1.807, 2.05) is 0 Å². The van der Waals surface area contributed by atoms with E-state index >= 15 is 0 Å². The SMILES string of the molecule is [CH2]C(CCC)CCCCCCCCC. The fourth-order valence-corrected chi connectivity index (χ4v) is 1.94. The summed E-state index contributed by atoms with van der Waals surface area (Å²) in [5, 5.41) is 0. The van der Waals surface area contributed by atoms with Crippen molar-refractivity contribution in [1.29, 1.82) is 0 Å². The first-order chi connectivity index (χ1) is 6.81. The van der Waals surface area contributed by atoms with E-state index in [1.165, 1.54) is 64.2 Å². The highest BCUT2D eigenvalue weighted by molar-refractivity contribution is 4.60. The Morgan fingerprint density at radius 2 is 1.29 bits per heavy atom. The average Bonchev–Trinajstić information content (AvgIpc) is 2.17. The molecule has 14 heavy (non-hydrogen) atoms. The summed E-state index contributed by atoms with van der Waals surface area (Å²) in [5.74, 6) is 0.718. The van der Waals surface area contributed by atoms with Crippen LogP contribution >= 0.6 is 0 Å². The second-order valence-electron chi connectivity index (χ2n) is 4.56. The second kappa shape index (κ2) is 11.1. The Balaban J connectivity index is 2.98. The minimum absolute atomic E-state index is 0.718. The summed E-state index contributed by atoms with van der Waals surface area (Å²) in [6.07, 6.45) is 13.9. The highest BCUT2D eigenvalue weighted by Gasteiger charge is 1.99. The van der Waals surface area contributed by atoms with Crippen LogP contribution in [0.5, 0.6) is 0 Å². The van der Waals surface area contributed by atoms with Gasteiger partial charge in [-0.1, -0.05) is 85.0 Å². The van der Waals surface area contributed by atoms with Crippen LogP contribution in [0, 0.1) is 12.8 Å². The van der Waals surface area contributed by atoms with E-state index in [0.29, 0.717) is 0 Å². The highest BCUT2D eigenvalue weighted by atomic mass is 14.1. The third kappa shape index (κ3) is 10.1. The molecule has 1 atom stereocenters. The van der Waals surface area contributed by atoms with Crippen LogP contribution in [0.3, 0.4) is 0 Å². The second-order valence-corrected chi connectivity index (χ2v) is 4.56. The first-order valence-electron chi connectivity index (χ1n) is 6.64. The van der Waals surface area contributed by atoms with Crippen molar-refractivity contribution in [3.63, 3.8) is 0 Å². The third-order valence-corrected chi connectivity index (χ3v) is 2.91. The van der Waals surface area contributed by atoms with Crippen molar-refractivity contribution in [3.8, 4) is 0 Å². The Bertz CT molecular complexity index is 96.2. The van der Waals surface area contributed by atoms with Crippen LogP contribution in [0.1, 0.15) is 78.1 Å². The first kappa shape index (κ1) is 14.0. The summed E-state index contributed by atoms with van der Waals surface area (Å²) < 4.78 is 0. The van der Waals surface area contributed by atoms with Gasteiger partial charge in [-0.15, -0.1) is 0 Å². The summed E-state index contributed by atoms with van der Waals surface area (Å²) >= 11 is 0. The van der Waals surface area contributed by atoms with Gasteiger partial charge in [0.2, 0.25) is 0 Å². The zero-order valence-electron chi connectivity index (χ0n) is 10.4. The van der Waals surface area contributed by atoms with Gasteiger partial charge in [-0.05, 0) is 5.92 Å². The molecule has 0 saturated carbocycles. The zero-order chi connectivity index (χ0) is 10.6. The number of hydrogen-bond donors (Lipinski definition) is 0. The zero-order valence-corrected chi connectivity index (χ0v) is 10.4. The fraction of sp³-hybridized carbons (Fsp3) is 0.929. The van der Waals surface area contributed by atoms with Crippen LogP contribution in [0.2, 0.25) is 0 Å². The molecule has 1 unspecified atom stereocenters. The molecule has 0 saturated heterocycles. The van der Waals surface area contributed by atoms with E-state index in [1.54, 1.807) is 0 Å². The summed E-state index contributed by atoms with van der Waals surface area (Å²) in [5.41, 5.74) is 0. The molecule has 0 fully saturated rings. The molecule has 0 N–H and O–H groups in total. The molecule has 0 nitrogen and oxygen atoms in total. The topological polar surface area (TPSA) is 0 Å². The summed E-state index contributed by atoms with van der Waals surface area (Å²) in [4.78, 5) is 0. The molecule has 0 aromatic heterocycles. The van der Waals surface area contributed by atoms with Crippen LogP contribution in [0.15, 0.2) is 0 Å². The molecule has 0 aromatic carbocycles. The van der Waals surface area contributed by atoms with Crippen LogP contribution in [0.4, 0.5) is 0 Å². The Morgan fingerprint density at radius 3 is 1.86 bits per heavy atom. The summed E-state index contributed by atoms with van der Waals surface area (Å²) in [6.45, 7) is 8.70. The smallest absolute Gasteiger partial charge is 0.0414 e. The normalized spacial score (nSPS) is 13.1. The van der Waals surface area contributed by atoms with Crippen molar-refractivity contribution in [3.05, 3.63) is 6.92 Å². The van der Waals surface area contributed by atoms with Gasteiger partial charge in [0.1, 0.15) is 0 Å². The quantitative estimate of drug-likeness (QED) is 0.413. The lowest BCUT2D eigenvalue weighted by Crippen LogP contribution is -1.93. The molecule has 0 bridgehead atoms. The van der Waals surface area contributed by atoms with E-state index in [-0.39, 0.29) is 0 Å². The third-order valence-electron chi connectivity index (χ3n) is 2.91. The standard InChI is InChI=1S/C14H29/c1-4-6-7-8-9-10-11-13-14(3)12-5-2/h14H,3-13H2,1-2H3. The average molecular weight is 197 g/mol. The maximum absolute atomic E-state index is 4.17. The van der Waals surface area contributed by atoms with Crippen LogP contribution in [-0.2, 0) is 0 Å². The fourth-order valence-electron chi connectivity index (χ4n) is 1.94. The maximum Gasteiger partial charge on any atom is -0.0414 e. The molecule has 0 aliphatic heterocycles. The van der Waals surface area contributed by atoms with Gasteiger partial charge in [0.25, 0.3) is 0 Å². The summed E-state index contributed by atoms with van der Waals surface area (Å²) in [6, 6.07) is 0. The van der Waals surface area contributed by atoms with Crippen molar-refractivity contribution in [2.45, 2.75) is 78.1 Å². The minimum Gasteiger partial charge on any atom is -0.0654 e. The van der Waals surface area contributed by atoms with Crippen molar-refractivity contribution >= 4 is 0 Å². The number of unbranched alkanes of at least 4 members (excludes halogenated alkanes) is 6. The molecular formula is C14H29. The van der Waals surface area contributed by atoms with Crippen molar-refractivity contribution in [2.75, 3.05) is 0 Å². The van der Waals surface area contributed by atoms with Gasteiger partial charge in [-0.25, -0.2) is 0 Å². The van der Waals surface area contributed by atoms with Gasteiger partial charge in [0, 0.05) is 0 Å². The largest absolute Gasteiger partial charge is 0.0654 e. The molecule has 0 aromatic rings. The van der Waals surface area contributed by atoms with Crippen LogP contribution < -0.4 is 0 Å². The Morgan fingerprint density at radius 1 is 0.714 bits per heavy atom. The lowest BCUT2D eigenvalue weighted by molar-refractivity contribution is 0.485. The van der Waals surface area contributed by atoms with E-state index in [2.05, 4.69) is 20.8 Å². The highest BCUT2D eigenvalue weighted by Crippen LogP contribution is 2.15. The van der Waals surface area contributed by atoms with Gasteiger partial charge < -0.3 is 0 Å². The van der Waals surface area contributed by atoms with Crippen LogP contribution in [0.25, 0.3) is 0 Å². The van der Waals surface area contributed by atoms with Gasteiger partial charge >= 0.3 is 0 Å². The van der Waals surface area contributed by atoms with Gasteiger partial charge in [-0.2, -0.15) is 0 Å². The predicted octanol–water partition coefficient (Wildman–Crippen LogP) is 5.38. The van der Waals surface area contributed by atoms with Crippen molar-refractivity contribution in [1.82, 2.24) is 0 Å². The molecule has 0 spiro atoms. The molecule has 0 aliphatic carbocycles. The van der Waals surface area contributed by atoms with E-state index < -0.39 is 0 Å². The molecule has 0 amide bonds. The van der Waals surface area contributed by atoms with Crippen molar-refractivity contribution in [2.24, 2.45) is 5.92 Å². The van der Waals surface area contributed by atoms with Gasteiger partial charge in [0.15, 0.2) is 0 Å². The Hall–Kier alpha value is 0. The Labute approximate surface area is 91.5 Å². The molecule has 1 radical (unpaired) electrons.